The number of anilines is 1. The topological polar surface area (TPSA) is 75.7 Å². The highest BCUT2D eigenvalue weighted by molar-refractivity contribution is 9.11. The Bertz CT molecular complexity index is 1290. The van der Waals surface area contributed by atoms with Gasteiger partial charge >= 0.3 is 0 Å². The zero-order chi connectivity index (χ0) is 24.9. The maximum atomic E-state index is 13.1. The predicted octanol–water partition coefficient (Wildman–Crippen LogP) is 6.60. The number of benzene rings is 3. The highest BCUT2D eigenvalue weighted by Gasteiger charge is 2.36. The van der Waals surface area contributed by atoms with Crippen LogP contribution in [0, 0.1) is 5.82 Å². The number of imide groups is 1. The molecular formula is C25H17Br2FN2O4S. The van der Waals surface area contributed by atoms with E-state index in [1.54, 1.807) is 54.6 Å². The standard InChI is InChI=1S/C25H17Br2FN2O4S/c26-19-10-16(11-20(27)23(19)34-14-15-6-8-17(28)9-7-15)12-21-24(32)30(25(33)35-21)13-22(31)29-18-4-2-1-3-5-18/h1-12H,13-14H2,(H,29,31)/b21-12-. The van der Waals surface area contributed by atoms with Gasteiger partial charge in [-0.3, -0.25) is 19.3 Å². The van der Waals surface area contributed by atoms with Crippen LogP contribution in [0.25, 0.3) is 6.08 Å². The fraction of sp³-hybridized carbons (Fsp3) is 0.0800. The number of nitrogens with one attached hydrogen (secondary N) is 1. The Hall–Kier alpha value is -2.95. The molecule has 178 valence electrons. The minimum atomic E-state index is -0.535. The van der Waals surface area contributed by atoms with Crippen LogP contribution < -0.4 is 10.1 Å². The van der Waals surface area contributed by atoms with E-state index in [0.717, 1.165) is 22.2 Å². The summed E-state index contributed by atoms with van der Waals surface area (Å²) in [4.78, 5) is 38.6. The third-order valence-electron chi connectivity index (χ3n) is 4.85. The first kappa shape index (κ1) is 25.2. The lowest BCUT2D eigenvalue weighted by atomic mass is 10.2. The van der Waals surface area contributed by atoms with Crippen molar-refractivity contribution in [3.8, 4) is 5.75 Å². The zero-order valence-corrected chi connectivity index (χ0v) is 22.0. The quantitative estimate of drug-likeness (QED) is 0.301. The van der Waals surface area contributed by atoms with Crippen LogP contribution in [0.15, 0.2) is 80.6 Å². The molecule has 0 unspecified atom stereocenters. The molecular weight excluding hydrogens is 603 g/mol. The van der Waals surface area contributed by atoms with Crippen LogP contribution in [-0.2, 0) is 16.2 Å². The zero-order valence-electron chi connectivity index (χ0n) is 18.0. The molecule has 3 aromatic carbocycles. The van der Waals surface area contributed by atoms with Gasteiger partial charge < -0.3 is 10.1 Å². The van der Waals surface area contributed by atoms with E-state index in [1.165, 1.54) is 12.1 Å². The summed E-state index contributed by atoms with van der Waals surface area (Å²) in [5.74, 6) is -0.779. The lowest BCUT2D eigenvalue weighted by molar-refractivity contribution is -0.127. The Labute approximate surface area is 221 Å². The molecule has 1 fully saturated rings. The summed E-state index contributed by atoms with van der Waals surface area (Å²) in [5, 5.41) is 2.15. The van der Waals surface area contributed by atoms with E-state index < -0.39 is 17.1 Å². The van der Waals surface area contributed by atoms with E-state index in [1.807, 2.05) is 6.07 Å². The molecule has 0 aromatic heterocycles. The number of hydrogen-bond donors (Lipinski definition) is 1. The lowest BCUT2D eigenvalue weighted by Crippen LogP contribution is -2.36. The van der Waals surface area contributed by atoms with Crippen LogP contribution in [0.1, 0.15) is 11.1 Å². The molecule has 10 heteroatoms. The molecule has 0 spiro atoms. The van der Waals surface area contributed by atoms with Gasteiger partial charge in [0, 0.05) is 5.69 Å². The van der Waals surface area contributed by atoms with E-state index in [2.05, 4.69) is 37.2 Å². The third-order valence-corrected chi connectivity index (χ3v) is 6.93. The number of thioether (sulfide) groups is 1. The molecule has 1 saturated heterocycles. The molecule has 0 saturated carbocycles. The van der Waals surface area contributed by atoms with Gasteiger partial charge in [-0.1, -0.05) is 30.3 Å². The molecule has 35 heavy (non-hydrogen) atoms. The number of nitrogens with zero attached hydrogens (tertiary/aromatic N) is 1. The van der Waals surface area contributed by atoms with Crippen molar-refractivity contribution in [1.82, 2.24) is 4.90 Å². The molecule has 1 aliphatic heterocycles. The van der Waals surface area contributed by atoms with Gasteiger partial charge in [0.2, 0.25) is 5.91 Å². The molecule has 0 radical (unpaired) electrons. The second kappa shape index (κ2) is 11.2. The number of carbonyl (C=O) groups is 3. The fourth-order valence-electron chi connectivity index (χ4n) is 3.19. The second-order valence-electron chi connectivity index (χ2n) is 7.41. The molecule has 0 bridgehead atoms. The van der Waals surface area contributed by atoms with Crippen molar-refractivity contribution in [3.05, 3.63) is 97.5 Å². The van der Waals surface area contributed by atoms with Crippen LogP contribution in [0.5, 0.6) is 5.75 Å². The Balaban J connectivity index is 1.44. The molecule has 1 aliphatic rings. The van der Waals surface area contributed by atoms with Gasteiger partial charge in [0.1, 0.15) is 24.7 Å². The van der Waals surface area contributed by atoms with Crippen LogP contribution in [0.2, 0.25) is 0 Å². The summed E-state index contributed by atoms with van der Waals surface area (Å²) in [6.45, 7) is -0.138. The first-order chi connectivity index (χ1) is 16.8. The van der Waals surface area contributed by atoms with Crippen molar-refractivity contribution in [2.45, 2.75) is 6.61 Å². The molecule has 1 heterocycles. The average molecular weight is 620 g/mol. The molecule has 4 rings (SSSR count). The highest BCUT2D eigenvalue weighted by atomic mass is 79.9. The predicted molar refractivity (Wildman–Crippen MR) is 140 cm³/mol. The molecule has 6 nitrogen and oxygen atoms in total. The van der Waals surface area contributed by atoms with Gasteiger partial charge in [-0.25, -0.2) is 4.39 Å². The molecule has 0 atom stereocenters. The number of carbonyl (C=O) groups excluding carboxylic acids is 3. The summed E-state index contributed by atoms with van der Waals surface area (Å²) >= 11 is 7.71. The number of para-hydroxylation sites is 1. The van der Waals surface area contributed by atoms with Crippen molar-refractivity contribution < 1.29 is 23.5 Å². The van der Waals surface area contributed by atoms with Gasteiger partial charge in [0.25, 0.3) is 11.1 Å². The summed E-state index contributed by atoms with van der Waals surface area (Å²) in [5.41, 5.74) is 2.04. The van der Waals surface area contributed by atoms with Crippen LogP contribution in [0.4, 0.5) is 14.9 Å². The Morgan fingerprint density at radius 1 is 1.03 bits per heavy atom. The molecule has 0 aliphatic carbocycles. The average Bonchev–Trinajstić information content (AvgIpc) is 3.07. The van der Waals surface area contributed by atoms with Crippen molar-refractivity contribution in [3.63, 3.8) is 0 Å². The van der Waals surface area contributed by atoms with Crippen LogP contribution in [-0.4, -0.2) is 28.5 Å². The van der Waals surface area contributed by atoms with Gasteiger partial charge in [-0.2, -0.15) is 0 Å². The minimum absolute atomic E-state index is 0.210. The lowest BCUT2D eigenvalue weighted by Gasteiger charge is -2.12. The smallest absolute Gasteiger partial charge is 0.294 e. The minimum Gasteiger partial charge on any atom is -0.487 e. The molecule has 3 aromatic rings. The monoisotopic (exact) mass is 618 g/mol. The largest absolute Gasteiger partial charge is 0.487 e. The van der Waals surface area contributed by atoms with E-state index in [9.17, 15) is 18.8 Å². The first-order valence-electron chi connectivity index (χ1n) is 10.3. The summed E-state index contributed by atoms with van der Waals surface area (Å²) in [6, 6.07) is 18.3. The van der Waals surface area contributed by atoms with Crippen molar-refractivity contribution in [2.75, 3.05) is 11.9 Å². The van der Waals surface area contributed by atoms with Gasteiger partial charge in [0.15, 0.2) is 0 Å². The maximum Gasteiger partial charge on any atom is 0.294 e. The fourth-order valence-corrected chi connectivity index (χ4v) is 5.48. The van der Waals surface area contributed by atoms with Crippen molar-refractivity contribution in [1.29, 1.82) is 0 Å². The maximum absolute atomic E-state index is 13.1. The Kier molecular flexibility index (Phi) is 8.04. The van der Waals surface area contributed by atoms with E-state index >= 15 is 0 Å². The van der Waals surface area contributed by atoms with Crippen molar-refractivity contribution >= 4 is 72.4 Å². The number of hydrogen-bond acceptors (Lipinski definition) is 5. The summed E-state index contributed by atoms with van der Waals surface area (Å²) in [7, 11) is 0. The summed E-state index contributed by atoms with van der Waals surface area (Å²) in [6.07, 6.45) is 1.58. The van der Waals surface area contributed by atoms with Gasteiger partial charge in [0.05, 0.1) is 13.9 Å². The number of halogens is 3. The normalized spacial score (nSPS) is 14.5. The first-order valence-corrected chi connectivity index (χ1v) is 12.7. The third kappa shape index (κ3) is 6.39. The summed E-state index contributed by atoms with van der Waals surface area (Å²) < 4.78 is 20.2. The van der Waals surface area contributed by atoms with Crippen LogP contribution in [0.3, 0.4) is 0 Å². The van der Waals surface area contributed by atoms with Gasteiger partial charge in [-0.15, -0.1) is 0 Å². The second-order valence-corrected chi connectivity index (χ2v) is 10.1. The van der Waals surface area contributed by atoms with E-state index in [0.29, 0.717) is 25.9 Å². The highest BCUT2D eigenvalue weighted by Crippen LogP contribution is 2.38. The number of amides is 3. The number of ether oxygens (including phenoxy) is 1. The molecule has 3 amide bonds. The van der Waals surface area contributed by atoms with Crippen LogP contribution >= 0.6 is 43.6 Å². The van der Waals surface area contributed by atoms with Crippen molar-refractivity contribution in [2.24, 2.45) is 0 Å². The van der Waals surface area contributed by atoms with E-state index in [4.69, 9.17) is 4.74 Å². The Morgan fingerprint density at radius 2 is 1.69 bits per heavy atom. The Morgan fingerprint density at radius 3 is 2.34 bits per heavy atom. The SMILES string of the molecule is O=C(CN1C(=O)S/C(=C\c2cc(Br)c(OCc3ccc(F)cc3)c(Br)c2)C1=O)Nc1ccccc1. The number of rotatable bonds is 7. The van der Waals surface area contributed by atoms with Gasteiger partial charge in [-0.05, 0) is 97.2 Å². The van der Waals surface area contributed by atoms with E-state index in [-0.39, 0.29) is 23.9 Å². The molecule has 1 N–H and O–H groups in total.